The van der Waals surface area contributed by atoms with Crippen LogP contribution in [0, 0.1) is 0 Å². The molecule has 124 valence electrons. The Balaban J connectivity index is 1.92. The highest BCUT2D eigenvalue weighted by molar-refractivity contribution is 7.99. The SMILES string of the molecule is CNCCOCCOCCOC(=O)N1CCC(SC)CC1. The van der Waals surface area contributed by atoms with Crippen molar-refractivity contribution in [2.24, 2.45) is 0 Å². The summed E-state index contributed by atoms with van der Waals surface area (Å²) in [6.07, 6.45) is 4.01. The van der Waals surface area contributed by atoms with Crippen LogP contribution in [-0.4, -0.2) is 82.2 Å². The highest BCUT2D eigenvalue weighted by Crippen LogP contribution is 2.21. The number of carbonyl (C=O) groups excluding carboxylic acids is 1. The lowest BCUT2D eigenvalue weighted by molar-refractivity contribution is 0.0219. The third kappa shape index (κ3) is 8.50. The van der Waals surface area contributed by atoms with E-state index in [9.17, 15) is 4.79 Å². The Morgan fingerprint density at radius 1 is 1.14 bits per heavy atom. The first-order valence-corrected chi connectivity index (χ1v) is 8.81. The largest absolute Gasteiger partial charge is 0.447 e. The predicted molar refractivity (Wildman–Crippen MR) is 85.0 cm³/mol. The molecule has 0 spiro atoms. The van der Waals surface area contributed by atoms with E-state index in [-0.39, 0.29) is 6.09 Å². The molecular weight excluding hydrogens is 292 g/mol. The Bertz CT molecular complexity index is 274. The molecule has 0 aromatic carbocycles. The predicted octanol–water partition coefficient (Wildman–Crippen LogP) is 1.20. The monoisotopic (exact) mass is 320 g/mol. The van der Waals surface area contributed by atoms with Crippen LogP contribution in [0.4, 0.5) is 4.79 Å². The zero-order valence-corrected chi connectivity index (χ0v) is 14.0. The second kappa shape index (κ2) is 12.1. The van der Waals surface area contributed by atoms with Gasteiger partial charge in [0, 0.05) is 24.9 Å². The van der Waals surface area contributed by atoms with E-state index in [0.717, 1.165) is 32.5 Å². The molecule has 1 aliphatic rings. The molecule has 1 aliphatic heterocycles. The molecule has 0 aromatic rings. The van der Waals surface area contributed by atoms with Crippen LogP contribution in [0.25, 0.3) is 0 Å². The minimum atomic E-state index is -0.219. The van der Waals surface area contributed by atoms with E-state index in [1.54, 1.807) is 4.90 Å². The van der Waals surface area contributed by atoms with Crippen LogP contribution in [0.15, 0.2) is 0 Å². The highest BCUT2D eigenvalue weighted by atomic mass is 32.2. The molecule has 0 bridgehead atoms. The average molecular weight is 320 g/mol. The number of ether oxygens (including phenoxy) is 3. The minimum absolute atomic E-state index is 0.219. The maximum absolute atomic E-state index is 11.8. The number of piperidine rings is 1. The molecule has 1 amide bonds. The molecule has 1 fully saturated rings. The fourth-order valence-corrected chi connectivity index (χ4v) is 2.73. The van der Waals surface area contributed by atoms with E-state index in [1.807, 2.05) is 18.8 Å². The van der Waals surface area contributed by atoms with E-state index < -0.39 is 0 Å². The molecule has 6 nitrogen and oxygen atoms in total. The van der Waals surface area contributed by atoms with Gasteiger partial charge in [0.1, 0.15) is 6.61 Å². The van der Waals surface area contributed by atoms with Gasteiger partial charge in [0.05, 0.1) is 26.4 Å². The average Bonchev–Trinajstić information content (AvgIpc) is 2.53. The van der Waals surface area contributed by atoms with Crippen LogP contribution >= 0.6 is 11.8 Å². The molecule has 0 aromatic heterocycles. The van der Waals surface area contributed by atoms with Gasteiger partial charge in [-0.2, -0.15) is 11.8 Å². The van der Waals surface area contributed by atoms with E-state index in [4.69, 9.17) is 14.2 Å². The number of likely N-dealkylation sites (N-methyl/N-ethyl adjacent to an activating group) is 1. The molecule has 1 heterocycles. The quantitative estimate of drug-likeness (QED) is 0.611. The number of thioether (sulfide) groups is 1. The summed E-state index contributed by atoms with van der Waals surface area (Å²) in [6, 6.07) is 0. The first-order chi connectivity index (χ1) is 10.3. The second-order valence-corrected chi connectivity index (χ2v) is 6.00. The van der Waals surface area contributed by atoms with Crippen molar-refractivity contribution in [3.8, 4) is 0 Å². The van der Waals surface area contributed by atoms with Gasteiger partial charge in [0.2, 0.25) is 0 Å². The van der Waals surface area contributed by atoms with Crippen molar-refractivity contribution < 1.29 is 19.0 Å². The number of hydrogen-bond donors (Lipinski definition) is 1. The summed E-state index contributed by atoms with van der Waals surface area (Å²) in [7, 11) is 1.89. The van der Waals surface area contributed by atoms with E-state index in [0.29, 0.717) is 38.3 Å². The standard InChI is InChI=1S/C14H28N2O4S/c1-15-5-8-18-9-10-19-11-12-20-14(17)16-6-3-13(21-2)4-7-16/h13,15H,3-12H2,1-2H3. The summed E-state index contributed by atoms with van der Waals surface area (Å²) < 4.78 is 15.9. The Morgan fingerprint density at radius 2 is 1.76 bits per heavy atom. The Morgan fingerprint density at radius 3 is 2.38 bits per heavy atom. The van der Waals surface area contributed by atoms with Crippen LogP contribution in [0.1, 0.15) is 12.8 Å². The second-order valence-electron chi connectivity index (χ2n) is 4.86. The van der Waals surface area contributed by atoms with E-state index in [2.05, 4.69) is 11.6 Å². The molecule has 0 aliphatic carbocycles. The third-order valence-corrected chi connectivity index (χ3v) is 4.49. The molecule has 0 radical (unpaired) electrons. The number of carbonyl (C=O) groups is 1. The normalized spacial score (nSPS) is 16.2. The lowest BCUT2D eigenvalue weighted by Gasteiger charge is -2.30. The molecule has 1 rings (SSSR count). The zero-order chi connectivity index (χ0) is 15.3. The maximum atomic E-state index is 11.8. The Labute approximate surface area is 131 Å². The summed E-state index contributed by atoms with van der Waals surface area (Å²) in [4.78, 5) is 13.6. The van der Waals surface area contributed by atoms with Crippen LogP contribution < -0.4 is 5.32 Å². The van der Waals surface area contributed by atoms with E-state index in [1.165, 1.54) is 0 Å². The van der Waals surface area contributed by atoms with Crippen LogP contribution in [0.2, 0.25) is 0 Å². The number of amides is 1. The third-order valence-electron chi connectivity index (χ3n) is 3.36. The van der Waals surface area contributed by atoms with Gasteiger partial charge in [0.15, 0.2) is 0 Å². The summed E-state index contributed by atoms with van der Waals surface area (Å²) >= 11 is 1.88. The smallest absolute Gasteiger partial charge is 0.409 e. The Hall–Kier alpha value is -0.500. The van der Waals surface area contributed by atoms with Crippen molar-refractivity contribution in [2.45, 2.75) is 18.1 Å². The molecular formula is C14H28N2O4S. The molecule has 0 unspecified atom stereocenters. The number of hydrogen-bond acceptors (Lipinski definition) is 6. The maximum Gasteiger partial charge on any atom is 0.409 e. The van der Waals surface area contributed by atoms with Crippen LogP contribution in [-0.2, 0) is 14.2 Å². The summed E-state index contributed by atoms with van der Waals surface area (Å²) in [5.74, 6) is 0. The molecule has 1 N–H and O–H groups in total. The molecule has 21 heavy (non-hydrogen) atoms. The minimum Gasteiger partial charge on any atom is -0.447 e. The topological polar surface area (TPSA) is 60.0 Å². The molecule has 1 saturated heterocycles. The van der Waals surface area contributed by atoms with E-state index >= 15 is 0 Å². The first kappa shape index (κ1) is 18.5. The van der Waals surface area contributed by atoms with Crippen molar-refractivity contribution in [2.75, 3.05) is 66.0 Å². The fraction of sp³-hybridized carbons (Fsp3) is 0.929. The molecule has 7 heteroatoms. The van der Waals surface area contributed by atoms with Crippen molar-refractivity contribution in [1.82, 2.24) is 10.2 Å². The van der Waals surface area contributed by atoms with Gasteiger partial charge in [-0.3, -0.25) is 0 Å². The molecule has 0 saturated carbocycles. The lowest BCUT2D eigenvalue weighted by atomic mass is 10.1. The summed E-state index contributed by atoms with van der Waals surface area (Å²) in [5, 5.41) is 3.68. The van der Waals surface area contributed by atoms with Crippen LogP contribution in [0.3, 0.4) is 0 Å². The number of nitrogens with one attached hydrogen (secondary N) is 1. The first-order valence-electron chi connectivity index (χ1n) is 7.52. The van der Waals surface area contributed by atoms with Gasteiger partial charge in [-0.05, 0) is 26.1 Å². The highest BCUT2D eigenvalue weighted by Gasteiger charge is 2.22. The lowest BCUT2D eigenvalue weighted by Crippen LogP contribution is -2.40. The zero-order valence-electron chi connectivity index (χ0n) is 13.1. The van der Waals surface area contributed by atoms with Gasteiger partial charge >= 0.3 is 6.09 Å². The van der Waals surface area contributed by atoms with Crippen LogP contribution in [0.5, 0.6) is 0 Å². The van der Waals surface area contributed by atoms with Gasteiger partial charge in [-0.15, -0.1) is 0 Å². The van der Waals surface area contributed by atoms with Gasteiger partial charge < -0.3 is 24.4 Å². The van der Waals surface area contributed by atoms with Gasteiger partial charge in [-0.1, -0.05) is 0 Å². The van der Waals surface area contributed by atoms with Crippen molar-refractivity contribution in [1.29, 1.82) is 0 Å². The summed E-state index contributed by atoms with van der Waals surface area (Å²) in [5.41, 5.74) is 0. The Kier molecular flexibility index (Phi) is 10.7. The van der Waals surface area contributed by atoms with Crippen molar-refractivity contribution in [3.63, 3.8) is 0 Å². The number of likely N-dealkylation sites (tertiary alicyclic amines) is 1. The number of rotatable bonds is 10. The van der Waals surface area contributed by atoms with Crippen molar-refractivity contribution >= 4 is 17.9 Å². The number of nitrogens with zero attached hydrogens (tertiary/aromatic N) is 1. The summed E-state index contributed by atoms with van der Waals surface area (Å²) in [6.45, 7) is 4.93. The van der Waals surface area contributed by atoms with Gasteiger partial charge in [-0.25, -0.2) is 4.79 Å². The van der Waals surface area contributed by atoms with Crippen molar-refractivity contribution in [3.05, 3.63) is 0 Å². The molecule has 0 atom stereocenters. The fourth-order valence-electron chi connectivity index (χ4n) is 2.05. The van der Waals surface area contributed by atoms with Gasteiger partial charge in [0.25, 0.3) is 0 Å².